The van der Waals surface area contributed by atoms with Crippen molar-refractivity contribution in [1.29, 1.82) is 0 Å². The second-order valence-electron chi connectivity index (χ2n) is 7.95. The van der Waals surface area contributed by atoms with Crippen LogP contribution < -0.4 is 5.73 Å². The fourth-order valence-corrected chi connectivity index (χ4v) is 5.51. The summed E-state index contributed by atoms with van der Waals surface area (Å²) in [6.45, 7) is 5.09. The molecule has 5 nitrogen and oxygen atoms in total. The zero-order chi connectivity index (χ0) is 18.7. The van der Waals surface area contributed by atoms with Crippen molar-refractivity contribution in [1.82, 2.24) is 9.88 Å². The highest BCUT2D eigenvalue weighted by Gasteiger charge is 2.48. The van der Waals surface area contributed by atoms with E-state index in [0.29, 0.717) is 35.2 Å². The van der Waals surface area contributed by atoms with Crippen LogP contribution in [0.2, 0.25) is 4.47 Å². The van der Waals surface area contributed by atoms with Crippen LogP contribution in [0.5, 0.6) is 0 Å². The van der Waals surface area contributed by atoms with E-state index >= 15 is 0 Å². The lowest BCUT2D eigenvalue weighted by atomic mass is 9.65. The SMILES string of the molecule is CC1(C)C[C@]2(C=C(N)C1=O)CCN(C(=O)c1cccc3nc(Cl)sc13)C2. The smallest absolute Gasteiger partial charge is 0.255 e. The average Bonchev–Trinajstić information content (AvgIpc) is 3.14. The van der Waals surface area contributed by atoms with Gasteiger partial charge in [-0.15, -0.1) is 11.3 Å². The first-order valence-electron chi connectivity index (χ1n) is 8.58. The minimum atomic E-state index is -0.497. The summed E-state index contributed by atoms with van der Waals surface area (Å²) in [4.78, 5) is 31.5. The number of benzene rings is 1. The van der Waals surface area contributed by atoms with Crippen molar-refractivity contribution in [3.05, 3.63) is 40.0 Å². The van der Waals surface area contributed by atoms with Gasteiger partial charge in [0.25, 0.3) is 5.91 Å². The third-order valence-corrected chi connectivity index (χ3v) is 6.63. The van der Waals surface area contributed by atoms with Crippen LogP contribution in [0.1, 0.15) is 37.0 Å². The van der Waals surface area contributed by atoms with Gasteiger partial charge in [0.2, 0.25) is 0 Å². The minimum Gasteiger partial charge on any atom is -0.396 e. The lowest BCUT2D eigenvalue weighted by Crippen LogP contribution is -2.42. The number of carbonyl (C=O) groups excluding carboxylic acids is 2. The summed E-state index contributed by atoms with van der Waals surface area (Å²) in [7, 11) is 0. The third-order valence-electron chi connectivity index (χ3n) is 5.42. The van der Waals surface area contributed by atoms with Crippen LogP contribution in [0.25, 0.3) is 10.2 Å². The first-order valence-corrected chi connectivity index (χ1v) is 9.78. The number of aromatic nitrogens is 1. The number of hydrogen-bond acceptors (Lipinski definition) is 5. The molecule has 2 aliphatic rings. The van der Waals surface area contributed by atoms with E-state index in [0.717, 1.165) is 16.6 Å². The quantitative estimate of drug-likeness (QED) is 0.808. The summed E-state index contributed by atoms with van der Waals surface area (Å²) < 4.78 is 1.25. The highest BCUT2D eigenvalue weighted by Crippen LogP contribution is 2.47. The summed E-state index contributed by atoms with van der Waals surface area (Å²) in [5, 5.41) is 0. The summed E-state index contributed by atoms with van der Waals surface area (Å²) in [5.74, 6) is -0.0218. The molecular weight excluding hydrogens is 370 g/mol. The number of halogens is 1. The van der Waals surface area contributed by atoms with Crippen molar-refractivity contribution in [2.45, 2.75) is 26.7 Å². The Morgan fingerprint density at radius 2 is 2.15 bits per heavy atom. The molecule has 1 saturated heterocycles. The number of fused-ring (bicyclic) bond motifs is 1. The minimum absolute atomic E-state index is 0.00280. The van der Waals surface area contributed by atoms with Crippen LogP contribution >= 0.6 is 22.9 Å². The van der Waals surface area contributed by atoms with Crippen molar-refractivity contribution >= 4 is 44.8 Å². The maximum atomic E-state index is 13.1. The van der Waals surface area contributed by atoms with Gasteiger partial charge < -0.3 is 10.6 Å². The van der Waals surface area contributed by atoms with Crippen molar-refractivity contribution in [3.8, 4) is 0 Å². The highest BCUT2D eigenvalue weighted by atomic mass is 35.5. The largest absolute Gasteiger partial charge is 0.396 e. The van der Waals surface area contributed by atoms with Gasteiger partial charge in [0.1, 0.15) is 0 Å². The van der Waals surface area contributed by atoms with Crippen molar-refractivity contribution < 1.29 is 9.59 Å². The molecule has 1 spiro atoms. The van der Waals surface area contributed by atoms with Gasteiger partial charge in [0.15, 0.2) is 10.3 Å². The fraction of sp³-hybridized carbons (Fsp3) is 0.421. The molecule has 26 heavy (non-hydrogen) atoms. The number of rotatable bonds is 1. The number of hydrogen-bond donors (Lipinski definition) is 1. The molecule has 2 aromatic rings. The second kappa shape index (κ2) is 5.79. The average molecular weight is 390 g/mol. The van der Waals surface area contributed by atoms with Crippen LogP contribution in [0.3, 0.4) is 0 Å². The van der Waals surface area contributed by atoms with E-state index in [1.54, 1.807) is 0 Å². The van der Waals surface area contributed by atoms with Gasteiger partial charge in [-0.25, -0.2) is 4.98 Å². The van der Waals surface area contributed by atoms with Crippen LogP contribution in [-0.2, 0) is 4.79 Å². The molecule has 1 amide bonds. The van der Waals surface area contributed by atoms with Crippen molar-refractivity contribution in [2.75, 3.05) is 13.1 Å². The molecule has 1 aromatic carbocycles. The van der Waals surface area contributed by atoms with E-state index < -0.39 is 5.41 Å². The molecule has 7 heteroatoms. The fourth-order valence-electron chi connectivity index (χ4n) is 4.39. The molecule has 136 valence electrons. The van der Waals surface area contributed by atoms with Crippen molar-refractivity contribution in [3.63, 3.8) is 0 Å². The normalized spacial score (nSPS) is 25.1. The molecule has 1 aliphatic heterocycles. The summed E-state index contributed by atoms with van der Waals surface area (Å²) in [6, 6.07) is 5.51. The van der Waals surface area contributed by atoms with E-state index in [1.165, 1.54) is 11.3 Å². The lowest BCUT2D eigenvalue weighted by Gasteiger charge is -2.39. The number of amides is 1. The number of carbonyl (C=O) groups is 2. The number of thiazole rings is 1. The molecule has 1 atom stereocenters. The molecule has 0 unspecified atom stereocenters. The first kappa shape index (κ1) is 17.5. The Kier molecular flexibility index (Phi) is 3.90. The van der Waals surface area contributed by atoms with E-state index in [2.05, 4.69) is 4.98 Å². The number of allylic oxidation sites excluding steroid dienone is 1. The lowest BCUT2D eigenvalue weighted by molar-refractivity contribution is -0.125. The molecule has 1 fully saturated rings. The van der Waals surface area contributed by atoms with Gasteiger partial charge in [-0.3, -0.25) is 9.59 Å². The Morgan fingerprint density at radius 1 is 1.38 bits per heavy atom. The standard InChI is InChI=1S/C19H20ClN3O2S/c1-18(2)9-19(8-12(21)15(18)24)6-7-23(10-19)16(25)11-4-3-5-13-14(11)26-17(20)22-13/h3-5,8H,6-7,9-10,21H2,1-2H3/t19-/m1/s1. The molecule has 1 aromatic heterocycles. The zero-order valence-corrected chi connectivity index (χ0v) is 16.3. The Balaban J connectivity index is 1.65. The molecular formula is C19H20ClN3O2S. The molecule has 0 bridgehead atoms. The van der Waals surface area contributed by atoms with Gasteiger partial charge in [-0.2, -0.15) is 0 Å². The topological polar surface area (TPSA) is 76.3 Å². The number of ketones is 1. The number of nitrogens with two attached hydrogens (primary N) is 1. The monoisotopic (exact) mass is 389 g/mol. The zero-order valence-electron chi connectivity index (χ0n) is 14.7. The highest BCUT2D eigenvalue weighted by molar-refractivity contribution is 7.22. The summed E-state index contributed by atoms with van der Waals surface area (Å²) in [6.07, 6.45) is 3.41. The molecule has 0 saturated carbocycles. The second-order valence-corrected chi connectivity index (χ2v) is 9.53. The van der Waals surface area contributed by atoms with Crippen LogP contribution in [0.15, 0.2) is 30.0 Å². The number of Topliss-reactive ketones (excluding diaryl/α,β-unsaturated/α-hetero) is 1. The Bertz CT molecular complexity index is 965. The Labute approximate surface area is 160 Å². The molecule has 4 rings (SSSR count). The third kappa shape index (κ3) is 2.72. The maximum Gasteiger partial charge on any atom is 0.255 e. The predicted octanol–water partition coefficient (Wildman–Crippen LogP) is 3.62. The van der Waals surface area contributed by atoms with Crippen LogP contribution in [0, 0.1) is 10.8 Å². The van der Waals surface area contributed by atoms with E-state index in [1.807, 2.05) is 43.0 Å². The van der Waals surface area contributed by atoms with E-state index in [4.69, 9.17) is 17.3 Å². The molecule has 2 heterocycles. The van der Waals surface area contributed by atoms with Crippen molar-refractivity contribution in [2.24, 2.45) is 16.6 Å². The van der Waals surface area contributed by atoms with Gasteiger partial charge in [0.05, 0.1) is 21.5 Å². The Hall–Kier alpha value is -1.92. The molecule has 0 radical (unpaired) electrons. The van der Waals surface area contributed by atoms with Crippen LogP contribution in [-0.4, -0.2) is 34.7 Å². The number of nitrogens with zero attached hydrogens (tertiary/aromatic N) is 2. The van der Waals surface area contributed by atoms with Gasteiger partial charge in [0, 0.05) is 23.9 Å². The van der Waals surface area contributed by atoms with Gasteiger partial charge in [-0.05, 0) is 31.1 Å². The molecule has 1 aliphatic carbocycles. The van der Waals surface area contributed by atoms with Gasteiger partial charge in [-0.1, -0.05) is 31.5 Å². The van der Waals surface area contributed by atoms with Gasteiger partial charge >= 0.3 is 0 Å². The van der Waals surface area contributed by atoms with E-state index in [9.17, 15) is 9.59 Å². The maximum absolute atomic E-state index is 13.1. The Morgan fingerprint density at radius 3 is 2.88 bits per heavy atom. The van der Waals surface area contributed by atoms with E-state index in [-0.39, 0.29) is 17.1 Å². The number of likely N-dealkylation sites (tertiary alicyclic amines) is 1. The predicted molar refractivity (Wildman–Crippen MR) is 103 cm³/mol. The first-order chi connectivity index (χ1) is 12.2. The summed E-state index contributed by atoms with van der Waals surface area (Å²) >= 11 is 7.35. The van der Waals surface area contributed by atoms with Crippen LogP contribution in [0.4, 0.5) is 0 Å². The summed E-state index contributed by atoms with van der Waals surface area (Å²) in [5.41, 5.74) is 6.98. The molecule has 2 N–H and O–H groups in total.